The van der Waals surface area contributed by atoms with E-state index in [4.69, 9.17) is 4.42 Å². The van der Waals surface area contributed by atoms with Crippen molar-refractivity contribution in [2.75, 3.05) is 13.7 Å². The maximum Gasteiger partial charge on any atom is 0.471 e. The maximum atomic E-state index is 12.4. The summed E-state index contributed by atoms with van der Waals surface area (Å²) >= 11 is 0. The van der Waals surface area contributed by atoms with Crippen LogP contribution in [0.3, 0.4) is 0 Å². The fourth-order valence-electron chi connectivity index (χ4n) is 1.35. The summed E-state index contributed by atoms with van der Waals surface area (Å²) in [5, 5.41) is 0. The van der Waals surface area contributed by atoms with Crippen LogP contribution < -0.4 is 0 Å². The molecule has 0 saturated carbocycles. The van der Waals surface area contributed by atoms with Crippen LogP contribution in [0.4, 0.5) is 13.2 Å². The quantitative estimate of drug-likeness (QED) is 0.770. The van der Waals surface area contributed by atoms with Crippen molar-refractivity contribution in [3.63, 3.8) is 0 Å². The minimum Gasteiger partial charge on any atom is -0.469 e. The second kappa shape index (κ2) is 6.26. The number of furan rings is 1. The molecular formula is C11H12F3NO4. The SMILES string of the molecule is COC(=O)CCN(Cc1ccco1)C(=O)C(F)(F)F. The summed E-state index contributed by atoms with van der Waals surface area (Å²) in [6.45, 7) is -0.756. The second-order valence-corrected chi connectivity index (χ2v) is 3.63. The summed E-state index contributed by atoms with van der Waals surface area (Å²) in [7, 11) is 1.12. The average molecular weight is 279 g/mol. The molecule has 1 heterocycles. The molecule has 8 heteroatoms. The van der Waals surface area contributed by atoms with Gasteiger partial charge in [-0.15, -0.1) is 0 Å². The van der Waals surface area contributed by atoms with E-state index in [1.165, 1.54) is 18.4 Å². The van der Waals surface area contributed by atoms with Crippen LogP contribution in [0, 0.1) is 0 Å². The fraction of sp³-hybridized carbons (Fsp3) is 0.455. The van der Waals surface area contributed by atoms with E-state index in [9.17, 15) is 22.8 Å². The molecule has 0 N–H and O–H groups in total. The van der Waals surface area contributed by atoms with E-state index in [0.29, 0.717) is 4.90 Å². The number of halogens is 3. The van der Waals surface area contributed by atoms with E-state index in [2.05, 4.69) is 4.74 Å². The molecule has 0 aliphatic rings. The molecular weight excluding hydrogens is 267 g/mol. The standard InChI is InChI=1S/C11H12F3NO4/c1-18-9(16)4-5-15(10(17)11(12,13)14)7-8-3-2-6-19-8/h2-3,6H,4-5,7H2,1H3. The van der Waals surface area contributed by atoms with Crippen LogP contribution in [0.15, 0.2) is 22.8 Å². The lowest BCUT2D eigenvalue weighted by atomic mass is 10.3. The van der Waals surface area contributed by atoms with Gasteiger partial charge in [-0.2, -0.15) is 13.2 Å². The van der Waals surface area contributed by atoms with Crippen molar-refractivity contribution < 1.29 is 31.9 Å². The van der Waals surface area contributed by atoms with Gasteiger partial charge in [0.05, 0.1) is 26.3 Å². The molecule has 0 aromatic carbocycles. The molecule has 0 atom stereocenters. The fourth-order valence-corrected chi connectivity index (χ4v) is 1.35. The molecule has 106 valence electrons. The molecule has 0 spiro atoms. The van der Waals surface area contributed by atoms with Crippen molar-refractivity contribution in [1.82, 2.24) is 4.90 Å². The number of methoxy groups -OCH3 is 1. The molecule has 0 aliphatic heterocycles. The number of ether oxygens (including phenoxy) is 1. The summed E-state index contributed by atoms with van der Waals surface area (Å²) in [5.41, 5.74) is 0. The van der Waals surface area contributed by atoms with Crippen molar-refractivity contribution in [2.45, 2.75) is 19.1 Å². The predicted octanol–water partition coefficient (Wildman–Crippen LogP) is 1.73. The van der Waals surface area contributed by atoms with Crippen molar-refractivity contribution in [1.29, 1.82) is 0 Å². The third kappa shape index (κ3) is 4.65. The Morgan fingerprint density at radius 1 is 1.42 bits per heavy atom. The molecule has 1 aromatic heterocycles. The normalized spacial score (nSPS) is 11.2. The zero-order chi connectivity index (χ0) is 14.5. The molecule has 0 radical (unpaired) electrons. The van der Waals surface area contributed by atoms with Gasteiger partial charge in [0.25, 0.3) is 0 Å². The Hall–Kier alpha value is -1.99. The third-order valence-corrected chi connectivity index (χ3v) is 2.27. The van der Waals surface area contributed by atoms with E-state index in [0.717, 1.165) is 7.11 Å². The van der Waals surface area contributed by atoms with E-state index in [-0.39, 0.29) is 18.7 Å². The Labute approximate surface area is 106 Å². The minimum absolute atomic E-state index is 0.197. The van der Waals surface area contributed by atoms with Gasteiger partial charge >= 0.3 is 18.1 Å². The topological polar surface area (TPSA) is 59.8 Å². The number of esters is 1. The minimum atomic E-state index is -5.00. The predicted molar refractivity (Wildman–Crippen MR) is 56.8 cm³/mol. The Kier molecular flexibility index (Phi) is 4.96. The number of carbonyl (C=O) groups is 2. The number of nitrogens with zero attached hydrogens (tertiary/aromatic N) is 1. The lowest BCUT2D eigenvalue weighted by Gasteiger charge is -2.22. The van der Waals surface area contributed by atoms with Crippen LogP contribution in [-0.2, 0) is 20.9 Å². The van der Waals surface area contributed by atoms with Crippen LogP contribution in [0.1, 0.15) is 12.2 Å². The lowest BCUT2D eigenvalue weighted by molar-refractivity contribution is -0.186. The molecule has 19 heavy (non-hydrogen) atoms. The highest BCUT2D eigenvalue weighted by atomic mass is 19.4. The highest BCUT2D eigenvalue weighted by Gasteiger charge is 2.42. The number of carbonyl (C=O) groups excluding carboxylic acids is 2. The van der Waals surface area contributed by atoms with Crippen LogP contribution in [-0.4, -0.2) is 36.6 Å². The summed E-state index contributed by atoms with van der Waals surface area (Å²) in [4.78, 5) is 22.6. The van der Waals surface area contributed by atoms with Crippen molar-refractivity contribution in [3.05, 3.63) is 24.2 Å². The van der Waals surface area contributed by atoms with Crippen molar-refractivity contribution in [3.8, 4) is 0 Å². The monoisotopic (exact) mass is 279 g/mol. The van der Waals surface area contributed by atoms with Gasteiger partial charge in [0.1, 0.15) is 5.76 Å². The first-order valence-electron chi connectivity index (χ1n) is 5.30. The largest absolute Gasteiger partial charge is 0.471 e. The van der Waals surface area contributed by atoms with E-state index >= 15 is 0 Å². The smallest absolute Gasteiger partial charge is 0.469 e. The van der Waals surface area contributed by atoms with Gasteiger partial charge in [-0.25, -0.2) is 0 Å². The van der Waals surface area contributed by atoms with Crippen molar-refractivity contribution in [2.24, 2.45) is 0 Å². The van der Waals surface area contributed by atoms with Gasteiger partial charge in [0.2, 0.25) is 0 Å². The Morgan fingerprint density at radius 3 is 2.58 bits per heavy atom. The average Bonchev–Trinajstić information content (AvgIpc) is 2.84. The van der Waals surface area contributed by atoms with Gasteiger partial charge in [0.15, 0.2) is 0 Å². The van der Waals surface area contributed by atoms with Gasteiger partial charge < -0.3 is 14.1 Å². The van der Waals surface area contributed by atoms with Crippen LogP contribution in [0.25, 0.3) is 0 Å². The maximum absolute atomic E-state index is 12.4. The highest BCUT2D eigenvalue weighted by Crippen LogP contribution is 2.20. The molecule has 0 aliphatic carbocycles. The molecule has 5 nitrogen and oxygen atoms in total. The van der Waals surface area contributed by atoms with Gasteiger partial charge in [0, 0.05) is 6.54 Å². The summed E-state index contributed by atoms with van der Waals surface area (Å²) in [5.74, 6) is -2.52. The van der Waals surface area contributed by atoms with Crippen molar-refractivity contribution >= 4 is 11.9 Å². The number of rotatable bonds is 5. The molecule has 1 amide bonds. The molecule has 1 aromatic rings. The van der Waals surface area contributed by atoms with E-state index in [1.54, 1.807) is 0 Å². The lowest BCUT2D eigenvalue weighted by Crippen LogP contribution is -2.41. The molecule has 1 rings (SSSR count). The number of amides is 1. The number of alkyl halides is 3. The number of hydrogen-bond donors (Lipinski definition) is 0. The number of hydrogen-bond acceptors (Lipinski definition) is 4. The zero-order valence-corrected chi connectivity index (χ0v) is 10.1. The summed E-state index contributed by atoms with van der Waals surface area (Å²) in [6.07, 6.45) is -4.03. The highest BCUT2D eigenvalue weighted by molar-refractivity contribution is 5.82. The van der Waals surface area contributed by atoms with E-state index < -0.39 is 24.6 Å². The Bertz CT molecular complexity index is 428. The first kappa shape index (κ1) is 15.1. The zero-order valence-electron chi connectivity index (χ0n) is 10.1. The van der Waals surface area contributed by atoms with Crippen LogP contribution in [0.5, 0.6) is 0 Å². The molecule has 0 unspecified atom stereocenters. The molecule has 0 fully saturated rings. The second-order valence-electron chi connectivity index (χ2n) is 3.63. The van der Waals surface area contributed by atoms with Gasteiger partial charge in [-0.1, -0.05) is 0 Å². The van der Waals surface area contributed by atoms with Gasteiger partial charge in [-0.3, -0.25) is 9.59 Å². The van der Waals surface area contributed by atoms with Crippen LogP contribution in [0.2, 0.25) is 0 Å². The van der Waals surface area contributed by atoms with E-state index in [1.807, 2.05) is 0 Å². The summed E-state index contributed by atoms with van der Waals surface area (Å²) in [6, 6.07) is 2.93. The first-order valence-corrected chi connectivity index (χ1v) is 5.30. The summed E-state index contributed by atoms with van der Waals surface area (Å²) < 4.78 is 46.4. The Balaban J connectivity index is 2.73. The molecule has 0 saturated heterocycles. The van der Waals surface area contributed by atoms with Gasteiger partial charge in [-0.05, 0) is 12.1 Å². The Morgan fingerprint density at radius 2 is 2.11 bits per heavy atom. The third-order valence-electron chi connectivity index (χ3n) is 2.27. The van der Waals surface area contributed by atoms with Crippen LogP contribution >= 0.6 is 0 Å². The first-order chi connectivity index (χ1) is 8.84. The molecule has 0 bridgehead atoms.